The number of benzene rings is 2. The predicted octanol–water partition coefficient (Wildman–Crippen LogP) is 3.85. The fraction of sp³-hybridized carbons (Fsp3) is 0.167. The minimum atomic E-state index is -3.79. The summed E-state index contributed by atoms with van der Waals surface area (Å²) in [5, 5.41) is 5.46. The molecule has 36 heavy (non-hydrogen) atoms. The lowest BCUT2D eigenvalue weighted by Crippen LogP contribution is -2.29. The summed E-state index contributed by atoms with van der Waals surface area (Å²) in [6, 6.07) is 15.6. The van der Waals surface area contributed by atoms with E-state index in [-0.39, 0.29) is 22.1 Å². The molecule has 0 atom stereocenters. The second kappa shape index (κ2) is 10.2. The third-order valence-corrected chi connectivity index (χ3v) is 8.53. The van der Waals surface area contributed by atoms with Crippen molar-refractivity contribution < 1.29 is 13.2 Å². The van der Waals surface area contributed by atoms with E-state index in [9.17, 15) is 18.0 Å². The molecule has 0 bridgehead atoms. The van der Waals surface area contributed by atoms with Crippen molar-refractivity contribution in [1.82, 2.24) is 14.7 Å². The largest absolute Gasteiger partial charge is 0.325 e. The molecular weight excluding hydrogens is 518 g/mol. The van der Waals surface area contributed by atoms with Crippen LogP contribution in [-0.2, 0) is 14.8 Å². The van der Waals surface area contributed by atoms with Gasteiger partial charge in [0.05, 0.1) is 16.0 Å². The Labute approximate surface area is 215 Å². The molecule has 1 aliphatic rings. The Balaban J connectivity index is 1.25. The summed E-state index contributed by atoms with van der Waals surface area (Å²) in [7, 11) is -3.79. The minimum Gasteiger partial charge on any atom is -0.325 e. The van der Waals surface area contributed by atoms with Gasteiger partial charge in [-0.2, -0.15) is 0 Å². The topological polar surface area (TPSA) is 133 Å². The van der Waals surface area contributed by atoms with Gasteiger partial charge in [0.15, 0.2) is 5.16 Å². The van der Waals surface area contributed by atoms with Crippen LogP contribution in [0.2, 0.25) is 0 Å². The van der Waals surface area contributed by atoms with E-state index in [0.717, 1.165) is 29.3 Å². The van der Waals surface area contributed by atoms with Gasteiger partial charge >= 0.3 is 0 Å². The van der Waals surface area contributed by atoms with E-state index in [0.29, 0.717) is 39.9 Å². The number of thiophene rings is 1. The Bertz CT molecular complexity index is 1630. The van der Waals surface area contributed by atoms with E-state index >= 15 is 0 Å². The van der Waals surface area contributed by atoms with Crippen molar-refractivity contribution in [2.45, 2.75) is 22.9 Å². The molecule has 0 fully saturated rings. The maximum atomic E-state index is 12.8. The van der Waals surface area contributed by atoms with Gasteiger partial charge in [0.25, 0.3) is 15.6 Å². The van der Waals surface area contributed by atoms with Gasteiger partial charge in [-0.25, -0.2) is 13.4 Å². The van der Waals surface area contributed by atoms with Gasteiger partial charge in [0.1, 0.15) is 10.7 Å². The molecule has 0 unspecified atom stereocenters. The van der Waals surface area contributed by atoms with Crippen LogP contribution in [0.25, 0.3) is 21.3 Å². The molecule has 3 N–H and O–H groups in total. The predicted molar refractivity (Wildman–Crippen MR) is 143 cm³/mol. The lowest BCUT2D eigenvalue weighted by molar-refractivity contribution is -0.113. The molecule has 0 saturated heterocycles. The van der Waals surface area contributed by atoms with E-state index < -0.39 is 10.0 Å². The zero-order chi connectivity index (χ0) is 25.1. The third kappa shape index (κ3) is 5.35. The molecule has 0 aliphatic carbocycles. The lowest BCUT2D eigenvalue weighted by atomic mass is 10.1. The number of nitrogens with zero attached hydrogens (tertiary/aromatic N) is 2. The molecule has 3 heterocycles. The van der Waals surface area contributed by atoms with Gasteiger partial charge in [-0.1, -0.05) is 48.2 Å². The second-order valence-corrected chi connectivity index (χ2v) is 11.5. The van der Waals surface area contributed by atoms with Crippen LogP contribution in [0.3, 0.4) is 0 Å². The number of rotatable bonds is 7. The van der Waals surface area contributed by atoms with Gasteiger partial charge < -0.3 is 10.3 Å². The Morgan fingerprint density at radius 1 is 1.14 bits per heavy atom. The highest BCUT2D eigenvalue weighted by atomic mass is 32.2. The third-order valence-electron chi connectivity index (χ3n) is 5.40. The molecule has 2 aromatic heterocycles. The van der Waals surface area contributed by atoms with Crippen molar-refractivity contribution >= 4 is 60.8 Å². The number of carbonyl (C=O) groups is 1. The fourth-order valence-electron chi connectivity index (χ4n) is 3.74. The molecule has 9 nitrogen and oxygen atoms in total. The zero-order valence-corrected chi connectivity index (χ0v) is 21.3. The summed E-state index contributed by atoms with van der Waals surface area (Å²) in [6.45, 7) is 0.610. The number of amidine groups is 1. The summed E-state index contributed by atoms with van der Waals surface area (Å²) < 4.78 is 27.7. The van der Waals surface area contributed by atoms with Gasteiger partial charge in [0.2, 0.25) is 5.91 Å². The van der Waals surface area contributed by atoms with E-state index in [4.69, 9.17) is 0 Å². The molecule has 2 aromatic carbocycles. The highest BCUT2D eigenvalue weighted by Crippen LogP contribution is 2.31. The van der Waals surface area contributed by atoms with Gasteiger partial charge in [-0.05, 0) is 30.2 Å². The molecule has 0 saturated carbocycles. The van der Waals surface area contributed by atoms with Crippen LogP contribution in [0, 0.1) is 0 Å². The SMILES string of the molecule is O=C(CSc1nc2scc(-c3ccccc3)c2c(=O)[nH]1)Nc1cccc(S(=O)(=O)NC2=NCCC2)c1. The van der Waals surface area contributed by atoms with Gasteiger partial charge in [-0.3, -0.25) is 19.3 Å². The van der Waals surface area contributed by atoms with Crippen LogP contribution in [0.15, 0.2) is 79.8 Å². The number of sulfonamides is 1. The van der Waals surface area contributed by atoms with Crippen LogP contribution in [-0.4, -0.2) is 42.4 Å². The molecule has 4 aromatic rings. The molecule has 1 aliphatic heterocycles. The molecule has 0 radical (unpaired) electrons. The number of fused-ring (bicyclic) bond motifs is 1. The standard InChI is InChI=1S/C24H21N5O4S3/c30-20(26-16-8-4-9-17(12-16)36(32,33)29-19-10-5-11-25-19)14-35-24-27-22(31)21-18(13-34-23(21)28-24)15-6-2-1-3-7-15/h1-4,6-9,12-13H,5,10-11,14H2,(H,25,29)(H,26,30)(H,27,28,31). The minimum absolute atomic E-state index is 0.0165. The number of aromatic amines is 1. The van der Waals surface area contributed by atoms with Crippen LogP contribution in [0.5, 0.6) is 0 Å². The van der Waals surface area contributed by atoms with E-state index in [1.165, 1.54) is 23.5 Å². The maximum Gasteiger partial charge on any atom is 0.262 e. The Kier molecular flexibility index (Phi) is 6.90. The second-order valence-electron chi connectivity index (χ2n) is 7.97. The average Bonchev–Trinajstić information content (AvgIpc) is 3.53. The maximum absolute atomic E-state index is 12.8. The van der Waals surface area contributed by atoms with Crippen LogP contribution >= 0.6 is 23.1 Å². The molecule has 1 amide bonds. The first-order chi connectivity index (χ1) is 17.4. The number of H-pyrrole nitrogens is 1. The molecule has 184 valence electrons. The molecular formula is C24H21N5O4S3. The number of amides is 1. The number of hydrogen-bond acceptors (Lipinski definition) is 8. The number of aromatic nitrogens is 2. The summed E-state index contributed by atoms with van der Waals surface area (Å²) >= 11 is 2.47. The van der Waals surface area contributed by atoms with E-state index in [1.54, 1.807) is 12.1 Å². The van der Waals surface area contributed by atoms with Crippen molar-refractivity contribution in [3.63, 3.8) is 0 Å². The summed E-state index contributed by atoms with van der Waals surface area (Å²) in [5.74, 6) is 0.0692. The summed E-state index contributed by atoms with van der Waals surface area (Å²) in [4.78, 5) is 37.3. The number of thioether (sulfide) groups is 1. The Hall–Kier alpha value is -3.48. The molecule has 0 spiro atoms. The number of carbonyl (C=O) groups excluding carboxylic acids is 1. The monoisotopic (exact) mass is 539 g/mol. The van der Waals surface area contributed by atoms with Crippen molar-refractivity contribution in [1.29, 1.82) is 0 Å². The number of aliphatic imine (C=N–C) groups is 1. The molecule has 12 heteroatoms. The summed E-state index contributed by atoms with van der Waals surface area (Å²) in [6.07, 6.45) is 1.41. The highest BCUT2D eigenvalue weighted by Gasteiger charge is 2.19. The average molecular weight is 540 g/mol. The van der Waals surface area contributed by atoms with Crippen LogP contribution in [0.1, 0.15) is 12.8 Å². The first-order valence-electron chi connectivity index (χ1n) is 11.0. The lowest BCUT2D eigenvalue weighted by Gasteiger charge is -2.10. The number of hydrogen-bond donors (Lipinski definition) is 3. The fourth-order valence-corrected chi connectivity index (χ4v) is 6.54. The normalized spacial score (nSPS) is 13.5. The van der Waals surface area contributed by atoms with E-state index in [1.807, 2.05) is 35.7 Å². The van der Waals surface area contributed by atoms with Crippen LogP contribution in [0.4, 0.5) is 5.69 Å². The first-order valence-corrected chi connectivity index (χ1v) is 14.4. The smallest absolute Gasteiger partial charge is 0.262 e. The van der Waals surface area contributed by atoms with E-state index in [2.05, 4.69) is 25.0 Å². The number of nitrogens with one attached hydrogen (secondary N) is 3. The van der Waals surface area contributed by atoms with Gasteiger partial charge in [-0.15, -0.1) is 11.3 Å². The zero-order valence-electron chi connectivity index (χ0n) is 18.9. The Morgan fingerprint density at radius 3 is 2.75 bits per heavy atom. The first kappa shape index (κ1) is 24.2. The quantitative estimate of drug-likeness (QED) is 0.241. The van der Waals surface area contributed by atoms with Crippen molar-refractivity contribution in [3.05, 3.63) is 70.3 Å². The van der Waals surface area contributed by atoms with Crippen molar-refractivity contribution in [3.8, 4) is 11.1 Å². The summed E-state index contributed by atoms with van der Waals surface area (Å²) in [5.41, 5.74) is 1.84. The number of anilines is 1. The van der Waals surface area contributed by atoms with Crippen molar-refractivity contribution in [2.75, 3.05) is 17.6 Å². The van der Waals surface area contributed by atoms with Crippen LogP contribution < -0.4 is 15.6 Å². The molecule has 5 rings (SSSR count). The van der Waals surface area contributed by atoms with Crippen molar-refractivity contribution in [2.24, 2.45) is 4.99 Å². The highest BCUT2D eigenvalue weighted by molar-refractivity contribution is 7.99. The van der Waals surface area contributed by atoms with Gasteiger partial charge in [0, 0.05) is 29.6 Å². The Morgan fingerprint density at radius 2 is 1.97 bits per heavy atom.